The molecular weight excluding hydrogens is 306 g/mol. The van der Waals surface area contributed by atoms with Gasteiger partial charge in [-0.2, -0.15) is 0 Å². The first kappa shape index (κ1) is 14.6. The van der Waals surface area contributed by atoms with E-state index in [1.54, 1.807) is 24.3 Å². The van der Waals surface area contributed by atoms with Gasteiger partial charge in [0.05, 0.1) is 12.2 Å². The van der Waals surface area contributed by atoms with Crippen LogP contribution in [-0.2, 0) is 11.4 Å². The van der Waals surface area contributed by atoms with Gasteiger partial charge in [-0.15, -0.1) is 5.10 Å². The first-order chi connectivity index (χ1) is 10.7. The number of benzene rings is 1. The van der Waals surface area contributed by atoms with Crippen molar-refractivity contribution >= 4 is 17.4 Å². The molecule has 1 aromatic carbocycles. The summed E-state index contributed by atoms with van der Waals surface area (Å²) in [6, 6.07) is 7.50. The number of amidine groups is 1. The second-order valence-corrected chi connectivity index (χ2v) is 5.46. The Labute approximate surface area is 132 Å². The summed E-state index contributed by atoms with van der Waals surface area (Å²) in [5, 5.41) is 12.5. The van der Waals surface area contributed by atoms with E-state index in [0.717, 1.165) is 18.5 Å². The van der Waals surface area contributed by atoms with Crippen LogP contribution < -0.4 is 10.5 Å². The third-order valence-electron chi connectivity index (χ3n) is 3.07. The molecule has 0 unspecified atom stereocenters. The van der Waals surface area contributed by atoms with Gasteiger partial charge in [0.25, 0.3) is 0 Å². The summed E-state index contributed by atoms with van der Waals surface area (Å²) < 4.78 is 7.30. The molecule has 0 radical (unpaired) electrons. The maximum atomic E-state index is 5.79. The Balaban J connectivity index is 1.42. The van der Waals surface area contributed by atoms with Crippen molar-refractivity contribution in [2.24, 2.45) is 10.9 Å². The molecule has 1 heterocycles. The van der Waals surface area contributed by atoms with Gasteiger partial charge in [-0.05, 0) is 37.1 Å². The average molecular weight is 322 g/mol. The van der Waals surface area contributed by atoms with Crippen LogP contribution >= 0.6 is 11.6 Å². The van der Waals surface area contributed by atoms with Gasteiger partial charge in [0.15, 0.2) is 12.4 Å². The quantitative estimate of drug-likeness (QED) is 0.479. The monoisotopic (exact) mass is 321 g/mol. The van der Waals surface area contributed by atoms with Gasteiger partial charge < -0.3 is 15.3 Å². The van der Waals surface area contributed by atoms with E-state index in [0.29, 0.717) is 16.8 Å². The first-order valence-electron chi connectivity index (χ1n) is 6.94. The zero-order valence-electron chi connectivity index (χ0n) is 11.9. The van der Waals surface area contributed by atoms with Gasteiger partial charge in [0.2, 0.25) is 0 Å². The molecule has 0 amide bonds. The molecule has 0 bridgehead atoms. The highest BCUT2D eigenvalue weighted by Gasteiger charge is 2.24. The van der Waals surface area contributed by atoms with Crippen LogP contribution in [-0.4, -0.2) is 27.4 Å². The summed E-state index contributed by atoms with van der Waals surface area (Å²) in [4.78, 5) is 5.15. The zero-order chi connectivity index (χ0) is 15.4. The van der Waals surface area contributed by atoms with Crippen molar-refractivity contribution < 1.29 is 9.57 Å². The van der Waals surface area contributed by atoms with Gasteiger partial charge in [-0.25, -0.2) is 4.68 Å². The minimum Gasteiger partial charge on any atom is -0.486 e. The molecule has 1 saturated carbocycles. The smallest absolute Gasteiger partial charge is 0.177 e. The van der Waals surface area contributed by atoms with Crippen LogP contribution in [0.5, 0.6) is 5.75 Å². The molecule has 0 spiro atoms. The minimum atomic E-state index is 0.135. The fourth-order valence-corrected chi connectivity index (χ4v) is 1.92. The lowest BCUT2D eigenvalue weighted by atomic mass is 10.3. The molecule has 7 nitrogen and oxygen atoms in total. The Bertz CT molecular complexity index is 652. The number of hydrogen-bond acceptors (Lipinski definition) is 5. The normalized spacial score (nSPS) is 14.9. The van der Waals surface area contributed by atoms with Crippen molar-refractivity contribution in [2.45, 2.75) is 25.5 Å². The minimum absolute atomic E-state index is 0.135. The highest BCUT2D eigenvalue weighted by atomic mass is 35.5. The molecule has 8 heteroatoms. The Kier molecular flexibility index (Phi) is 4.43. The summed E-state index contributed by atoms with van der Waals surface area (Å²) in [6.07, 6.45) is 4.20. The SMILES string of the molecule is N/C(COc1ccc(Cl)cc1)=N\OCc1cn(C2CC2)nn1. The molecule has 116 valence electrons. The standard InChI is InChI=1S/C14H16ClN5O2/c15-10-1-5-13(6-2-10)21-9-14(16)18-22-8-11-7-20(19-17-11)12-3-4-12/h1-2,5-7,12H,3-4,8-9H2,(H2,16,18). The third kappa shape index (κ3) is 4.11. The highest BCUT2D eigenvalue weighted by molar-refractivity contribution is 6.30. The molecule has 0 saturated heterocycles. The van der Waals surface area contributed by atoms with Crippen LogP contribution in [0.25, 0.3) is 0 Å². The Morgan fingerprint density at radius 2 is 2.14 bits per heavy atom. The van der Waals surface area contributed by atoms with Crippen LogP contribution in [0.1, 0.15) is 24.6 Å². The summed E-state index contributed by atoms with van der Waals surface area (Å²) in [7, 11) is 0. The van der Waals surface area contributed by atoms with E-state index in [-0.39, 0.29) is 19.0 Å². The average Bonchev–Trinajstić information content (AvgIpc) is 3.26. The highest BCUT2D eigenvalue weighted by Crippen LogP contribution is 2.33. The van der Waals surface area contributed by atoms with Crippen molar-refractivity contribution in [3.05, 3.63) is 41.2 Å². The molecule has 3 rings (SSSR count). The summed E-state index contributed by atoms with van der Waals surface area (Å²) >= 11 is 5.79. The molecular formula is C14H16ClN5O2. The Hall–Kier alpha value is -2.28. The van der Waals surface area contributed by atoms with E-state index in [1.165, 1.54) is 0 Å². The number of nitrogens with zero attached hydrogens (tertiary/aromatic N) is 4. The third-order valence-corrected chi connectivity index (χ3v) is 3.33. The van der Waals surface area contributed by atoms with Gasteiger partial charge in [-0.3, -0.25) is 0 Å². The second-order valence-electron chi connectivity index (χ2n) is 5.02. The van der Waals surface area contributed by atoms with Crippen molar-refractivity contribution in [3.8, 4) is 5.75 Å². The number of aromatic nitrogens is 3. The van der Waals surface area contributed by atoms with E-state index < -0.39 is 0 Å². The number of oxime groups is 1. The predicted molar refractivity (Wildman–Crippen MR) is 81.7 cm³/mol. The fourth-order valence-electron chi connectivity index (χ4n) is 1.79. The summed E-state index contributed by atoms with van der Waals surface area (Å²) in [5.74, 6) is 0.902. The lowest BCUT2D eigenvalue weighted by molar-refractivity contribution is 0.125. The molecule has 1 aliphatic rings. The molecule has 1 aromatic heterocycles. The van der Waals surface area contributed by atoms with E-state index in [4.69, 9.17) is 26.9 Å². The van der Waals surface area contributed by atoms with E-state index in [9.17, 15) is 0 Å². The molecule has 0 atom stereocenters. The van der Waals surface area contributed by atoms with Crippen molar-refractivity contribution in [2.75, 3.05) is 6.61 Å². The zero-order valence-corrected chi connectivity index (χ0v) is 12.6. The largest absolute Gasteiger partial charge is 0.486 e. The lowest BCUT2D eigenvalue weighted by Gasteiger charge is -2.05. The van der Waals surface area contributed by atoms with Crippen LogP contribution in [0.3, 0.4) is 0 Å². The van der Waals surface area contributed by atoms with Crippen molar-refractivity contribution in [1.29, 1.82) is 0 Å². The topological polar surface area (TPSA) is 87.5 Å². The van der Waals surface area contributed by atoms with Crippen LogP contribution in [0, 0.1) is 0 Å². The Morgan fingerprint density at radius 3 is 2.86 bits per heavy atom. The van der Waals surface area contributed by atoms with Crippen molar-refractivity contribution in [3.63, 3.8) is 0 Å². The summed E-state index contributed by atoms with van der Waals surface area (Å²) in [5.41, 5.74) is 6.44. The second kappa shape index (κ2) is 6.65. The van der Waals surface area contributed by atoms with Gasteiger partial charge in [0.1, 0.15) is 18.1 Å². The molecule has 2 N–H and O–H groups in total. The maximum Gasteiger partial charge on any atom is 0.177 e. The van der Waals surface area contributed by atoms with Crippen molar-refractivity contribution in [1.82, 2.24) is 15.0 Å². The molecule has 0 aliphatic heterocycles. The van der Waals surface area contributed by atoms with E-state index in [2.05, 4.69) is 15.5 Å². The number of nitrogens with two attached hydrogens (primary N) is 1. The van der Waals surface area contributed by atoms with Crippen LogP contribution in [0.15, 0.2) is 35.6 Å². The van der Waals surface area contributed by atoms with Gasteiger partial charge in [0, 0.05) is 5.02 Å². The molecule has 22 heavy (non-hydrogen) atoms. The van der Waals surface area contributed by atoms with Gasteiger partial charge in [-0.1, -0.05) is 22.0 Å². The van der Waals surface area contributed by atoms with E-state index >= 15 is 0 Å². The number of hydrogen-bond donors (Lipinski definition) is 1. The predicted octanol–water partition coefficient (Wildman–Crippen LogP) is 2.13. The number of rotatable bonds is 7. The Morgan fingerprint density at radius 1 is 1.36 bits per heavy atom. The van der Waals surface area contributed by atoms with Crippen LogP contribution in [0.4, 0.5) is 0 Å². The number of halogens is 1. The summed E-state index contributed by atoms with van der Waals surface area (Å²) in [6.45, 7) is 0.366. The molecule has 1 fully saturated rings. The number of ether oxygens (including phenoxy) is 1. The van der Waals surface area contributed by atoms with Crippen LogP contribution in [0.2, 0.25) is 5.02 Å². The fraction of sp³-hybridized carbons (Fsp3) is 0.357. The van der Waals surface area contributed by atoms with E-state index in [1.807, 2.05) is 10.9 Å². The van der Waals surface area contributed by atoms with Gasteiger partial charge >= 0.3 is 0 Å². The molecule has 1 aliphatic carbocycles. The first-order valence-corrected chi connectivity index (χ1v) is 7.32. The molecule has 2 aromatic rings. The lowest BCUT2D eigenvalue weighted by Crippen LogP contribution is -2.21. The maximum absolute atomic E-state index is 5.79.